The number of amides is 1. The van der Waals surface area contributed by atoms with Crippen LogP contribution in [0.1, 0.15) is 6.42 Å². The van der Waals surface area contributed by atoms with Gasteiger partial charge in [-0.3, -0.25) is 4.79 Å². The molecule has 0 saturated heterocycles. The molecule has 0 aliphatic rings. The van der Waals surface area contributed by atoms with Gasteiger partial charge in [0.05, 0.1) is 13.0 Å². The monoisotopic (exact) mass is 280 g/mol. The van der Waals surface area contributed by atoms with Crippen LogP contribution in [0.15, 0.2) is 48.7 Å². The molecule has 0 saturated carbocycles. The summed E-state index contributed by atoms with van der Waals surface area (Å²) in [5.74, 6) is 2.75. The molecule has 1 aromatic heterocycles. The normalized spacial score (nSPS) is 9.86. The van der Waals surface area contributed by atoms with Crippen LogP contribution in [-0.2, 0) is 9.53 Å². The highest BCUT2D eigenvalue weighted by Crippen LogP contribution is 2.25. The predicted molar refractivity (Wildman–Crippen MR) is 82.6 cm³/mol. The maximum Gasteiger partial charge on any atom is 0.227 e. The van der Waals surface area contributed by atoms with E-state index in [0.29, 0.717) is 12.4 Å². The lowest BCUT2D eigenvalue weighted by molar-refractivity contribution is -0.117. The minimum atomic E-state index is -0.150. The second-order valence-corrected chi connectivity index (χ2v) is 4.32. The van der Waals surface area contributed by atoms with Crippen LogP contribution < -0.4 is 5.32 Å². The quantitative estimate of drug-likeness (QED) is 0.654. The van der Waals surface area contributed by atoms with Gasteiger partial charge < -0.3 is 10.1 Å². The number of rotatable bonds is 6. The fourth-order valence-electron chi connectivity index (χ4n) is 1.85. The highest BCUT2D eigenvalue weighted by molar-refractivity contribution is 5.94. The molecule has 2 rings (SSSR count). The number of aromatic nitrogens is 1. The van der Waals surface area contributed by atoms with E-state index < -0.39 is 0 Å². The van der Waals surface area contributed by atoms with E-state index >= 15 is 0 Å². The highest BCUT2D eigenvalue weighted by Gasteiger charge is 2.09. The molecular weight excluding hydrogens is 264 g/mol. The number of carbonyl (C=O) groups excluding carboxylic acids is 1. The SMILES string of the molecule is C#CCOCCC(=O)Nc1ncccc1-c1ccccc1. The van der Waals surface area contributed by atoms with Gasteiger partial charge in [-0.25, -0.2) is 4.98 Å². The van der Waals surface area contributed by atoms with E-state index in [2.05, 4.69) is 16.2 Å². The van der Waals surface area contributed by atoms with Gasteiger partial charge in [0.2, 0.25) is 5.91 Å². The van der Waals surface area contributed by atoms with Crippen molar-refractivity contribution < 1.29 is 9.53 Å². The van der Waals surface area contributed by atoms with Gasteiger partial charge in [0.1, 0.15) is 12.4 Å². The molecule has 2 aromatic rings. The number of hydrogen-bond donors (Lipinski definition) is 1. The predicted octanol–water partition coefficient (Wildman–Crippen LogP) is 2.73. The van der Waals surface area contributed by atoms with Crippen molar-refractivity contribution in [3.8, 4) is 23.5 Å². The average molecular weight is 280 g/mol. The van der Waals surface area contributed by atoms with E-state index in [1.54, 1.807) is 6.20 Å². The first-order valence-corrected chi connectivity index (χ1v) is 6.63. The number of anilines is 1. The highest BCUT2D eigenvalue weighted by atomic mass is 16.5. The summed E-state index contributed by atoms with van der Waals surface area (Å²) in [5, 5.41) is 2.80. The molecule has 4 nitrogen and oxygen atoms in total. The summed E-state index contributed by atoms with van der Waals surface area (Å²) in [6.45, 7) is 0.510. The van der Waals surface area contributed by atoms with Crippen LogP contribution >= 0.6 is 0 Å². The smallest absolute Gasteiger partial charge is 0.227 e. The molecule has 0 bridgehead atoms. The van der Waals surface area contributed by atoms with Gasteiger partial charge in [-0.05, 0) is 17.7 Å². The summed E-state index contributed by atoms with van der Waals surface area (Å²) < 4.78 is 5.09. The Morgan fingerprint density at radius 1 is 1.24 bits per heavy atom. The van der Waals surface area contributed by atoms with Crippen molar-refractivity contribution in [2.75, 3.05) is 18.5 Å². The van der Waals surface area contributed by atoms with Gasteiger partial charge in [-0.15, -0.1) is 6.42 Å². The zero-order valence-electron chi connectivity index (χ0n) is 11.6. The molecule has 4 heteroatoms. The summed E-state index contributed by atoms with van der Waals surface area (Å²) in [5.41, 5.74) is 1.89. The third-order valence-electron chi connectivity index (χ3n) is 2.81. The van der Waals surface area contributed by atoms with Crippen LogP contribution in [0.2, 0.25) is 0 Å². The van der Waals surface area contributed by atoms with Crippen molar-refractivity contribution in [2.45, 2.75) is 6.42 Å². The Morgan fingerprint density at radius 2 is 2.05 bits per heavy atom. The number of pyridine rings is 1. The Labute approximate surface area is 124 Å². The molecule has 1 N–H and O–H groups in total. The molecule has 0 aliphatic carbocycles. The van der Waals surface area contributed by atoms with Gasteiger partial charge in [0.15, 0.2) is 0 Å². The molecule has 0 unspecified atom stereocenters. The van der Waals surface area contributed by atoms with Crippen LogP contribution in [0.3, 0.4) is 0 Å². The van der Waals surface area contributed by atoms with Gasteiger partial charge in [0.25, 0.3) is 0 Å². The van der Waals surface area contributed by atoms with Crippen molar-refractivity contribution in [2.24, 2.45) is 0 Å². The molecule has 106 valence electrons. The number of ether oxygens (including phenoxy) is 1. The summed E-state index contributed by atoms with van der Waals surface area (Å²) >= 11 is 0. The fraction of sp³-hybridized carbons (Fsp3) is 0.176. The Bertz CT molecular complexity index is 633. The van der Waals surface area contributed by atoms with Gasteiger partial charge in [-0.2, -0.15) is 0 Å². The molecule has 1 aromatic carbocycles. The zero-order valence-corrected chi connectivity index (χ0v) is 11.6. The lowest BCUT2D eigenvalue weighted by Crippen LogP contribution is -2.15. The number of nitrogens with one attached hydrogen (secondary N) is 1. The van der Waals surface area contributed by atoms with Crippen molar-refractivity contribution in [1.82, 2.24) is 4.98 Å². The molecular formula is C17H16N2O2. The molecule has 0 spiro atoms. The summed E-state index contributed by atoms with van der Waals surface area (Å²) in [6.07, 6.45) is 6.96. The summed E-state index contributed by atoms with van der Waals surface area (Å²) in [4.78, 5) is 16.1. The van der Waals surface area contributed by atoms with Crippen molar-refractivity contribution in [3.63, 3.8) is 0 Å². The zero-order chi connectivity index (χ0) is 14.9. The number of terminal acetylenes is 1. The van der Waals surface area contributed by atoms with Crippen molar-refractivity contribution in [3.05, 3.63) is 48.7 Å². The molecule has 1 amide bonds. The topological polar surface area (TPSA) is 51.2 Å². The van der Waals surface area contributed by atoms with E-state index in [0.717, 1.165) is 11.1 Å². The van der Waals surface area contributed by atoms with E-state index in [4.69, 9.17) is 11.2 Å². The largest absolute Gasteiger partial charge is 0.368 e. The molecule has 1 heterocycles. The minimum Gasteiger partial charge on any atom is -0.368 e. The van der Waals surface area contributed by atoms with Gasteiger partial charge in [-0.1, -0.05) is 36.3 Å². The lowest BCUT2D eigenvalue weighted by atomic mass is 10.1. The Balaban J connectivity index is 2.04. The lowest BCUT2D eigenvalue weighted by Gasteiger charge is -2.10. The van der Waals surface area contributed by atoms with Crippen LogP contribution in [-0.4, -0.2) is 24.1 Å². The molecule has 0 fully saturated rings. The van der Waals surface area contributed by atoms with E-state index in [1.807, 2.05) is 42.5 Å². The number of hydrogen-bond acceptors (Lipinski definition) is 3. The van der Waals surface area contributed by atoms with Crippen molar-refractivity contribution >= 4 is 11.7 Å². The van der Waals surface area contributed by atoms with Gasteiger partial charge >= 0.3 is 0 Å². The number of nitrogens with zero attached hydrogens (tertiary/aromatic N) is 1. The Kier molecular flexibility index (Phi) is 5.50. The molecule has 0 atom stereocenters. The van der Waals surface area contributed by atoms with E-state index in [-0.39, 0.29) is 18.9 Å². The maximum absolute atomic E-state index is 11.9. The number of carbonyl (C=O) groups is 1. The van der Waals surface area contributed by atoms with Crippen LogP contribution in [0.25, 0.3) is 11.1 Å². The number of benzene rings is 1. The first-order chi connectivity index (χ1) is 10.3. The van der Waals surface area contributed by atoms with Crippen LogP contribution in [0, 0.1) is 12.3 Å². The Morgan fingerprint density at radius 3 is 2.81 bits per heavy atom. The second-order valence-electron chi connectivity index (χ2n) is 4.32. The van der Waals surface area contributed by atoms with Crippen LogP contribution in [0.5, 0.6) is 0 Å². The third-order valence-corrected chi connectivity index (χ3v) is 2.81. The van der Waals surface area contributed by atoms with E-state index in [9.17, 15) is 4.79 Å². The first-order valence-electron chi connectivity index (χ1n) is 6.63. The second kappa shape index (κ2) is 7.83. The maximum atomic E-state index is 11.9. The van der Waals surface area contributed by atoms with Crippen LogP contribution in [0.4, 0.5) is 5.82 Å². The molecule has 21 heavy (non-hydrogen) atoms. The fourth-order valence-corrected chi connectivity index (χ4v) is 1.85. The Hall–Kier alpha value is -2.64. The first kappa shape index (κ1) is 14.8. The molecule has 0 aliphatic heterocycles. The molecule has 0 radical (unpaired) electrons. The van der Waals surface area contributed by atoms with E-state index in [1.165, 1.54) is 0 Å². The minimum absolute atomic E-state index is 0.150. The average Bonchev–Trinajstić information content (AvgIpc) is 2.53. The van der Waals surface area contributed by atoms with Gasteiger partial charge in [0, 0.05) is 11.8 Å². The summed E-state index contributed by atoms with van der Waals surface area (Å²) in [7, 11) is 0. The summed E-state index contributed by atoms with van der Waals surface area (Å²) in [6, 6.07) is 13.6. The van der Waals surface area contributed by atoms with Crippen molar-refractivity contribution in [1.29, 1.82) is 0 Å². The standard InChI is InChI=1S/C17H16N2O2/c1-2-12-21-13-10-16(20)19-17-15(9-6-11-18-17)14-7-4-3-5-8-14/h1,3-9,11H,10,12-13H2,(H,18,19,20). The third kappa shape index (κ3) is 4.44.